The number of nitro benzene ring substituents is 1. The number of anilines is 1. The second-order valence-corrected chi connectivity index (χ2v) is 9.58. The summed E-state index contributed by atoms with van der Waals surface area (Å²) < 4.78 is 0. The van der Waals surface area contributed by atoms with E-state index in [1.54, 1.807) is 32.0 Å². The number of nitrogens with one attached hydrogen (secondary N) is 1. The van der Waals surface area contributed by atoms with Crippen LogP contribution in [0.3, 0.4) is 0 Å². The first-order chi connectivity index (χ1) is 19.1. The van der Waals surface area contributed by atoms with Crippen molar-refractivity contribution in [3.8, 4) is 0 Å². The van der Waals surface area contributed by atoms with Crippen LogP contribution in [0.5, 0.6) is 0 Å². The van der Waals surface area contributed by atoms with E-state index < -0.39 is 40.6 Å². The highest BCUT2D eigenvalue weighted by Gasteiger charge is 2.45. The van der Waals surface area contributed by atoms with Gasteiger partial charge in [0.1, 0.15) is 12.1 Å². The van der Waals surface area contributed by atoms with Crippen LogP contribution in [0, 0.1) is 24.0 Å². The number of carbonyl (C=O) groups excluding carboxylic acids is 4. The van der Waals surface area contributed by atoms with E-state index in [1.807, 2.05) is 32.0 Å². The molecular formula is C30H30N4O6. The zero-order valence-electron chi connectivity index (χ0n) is 22.7. The molecular weight excluding hydrogens is 512 g/mol. The largest absolute Gasteiger partial charge is 0.325 e. The molecule has 1 heterocycles. The third-order valence-corrected chi connectivity index (χ3v) is 7.12. The van der Waals surface area contributed by atoms with Crippen molar-refractivity contribution in [2.24, 2.45) is 0 Å². The van der Waals surface area contributed by atoms with Crippen LogP contribution in [0.15, 0.2) is 66.7 Å². The smallest absolute Gasteiger partial charge is 0.269 e. The lowest BCUT2D eigenvalue weighted by molar-refractivity contribution is -0.384. The summed E-state index contributed by atoms with van der Waals surface area (Å²) in [5.41, 5.74) is 2.59. The summed E-state index contributed by atoms with van der Waals surface area (Å²) in [4.78, 5) is 67.7. The zero-order valence-corrected chi connectivity index (χ0v) is 22.7. The first-order valence-corrected chi connectivity index (χ1v) is 13.0. The predicted molar refractivity (Wildman–Crippen MR) is 149 cm³/mol. The lowest BCUT2D eigenvalue weighted by Gasteiger charge is -2.35. The van der Waals surface area contributed by atoms with E-state index in [0.717, 1.165) is 16.0 Å². The first-order valence-electron chi connectivity index (χ1n) is 13.0. The number of non-ortho nitro benzene ring substituents is 1. The number of aryl methyl sites for hydroxylation is 2. The van der Waals surface area contributed by atoms with E-state index in [-0.39, 0.29) is 35.3 Å². The Morgan fingerprint density at radius 1 is 0.925 bits per heavy atom. The maximum atomic E-state index is 14.1. The molecule has 0 fully saturated rings. The normalized spacial score (nSPS) is 13.9. The van der Waals surface area contributed by atoms with Gasteiger partial charge >= 0.3 is 0 Å². The van der Waals surface area contributed by atoms with Gasteiger partial charge in [-0.05, 0) is 56.0 Å². The average molecular weight is 543 g/mol. The van der Waals surface area contributed by atoms with Crippen LogP contribution >= 0.6 is 0 Å². The topological polar surface area (TPSA) is 130 Å². The molecule has 1 aliphatic rings. The van der Waals surface area contributed by atoms with Crippen LogP contribution < -0.4 is 5.32 Å². The van der Waals surface area contributed by atoms with E-state index in [2.05, 4.69) is 5.32 Å². The molecule has 10 nitrogen and oxygen atoms in total. The van der Waals surface area contributed by atoms with Crippen molar-refractivity contribution < 1.29 is 24.1 Å². The molecule has 0 bridgehead atoms. The van der Waals surface area contributed by atoms with Crippen molar-refractivity contribution in [1.82, 2.24) is 9.80 Å². The molecule has 0 radical (unpaired) electrons. The third kappa shape index (κ3) is 5.07. The Morgan fingerprint density at radius 2 is 1.50 bits per heavy atom. The molecule has 40 heavy (non-hydrogen) atoms. The first kappa shape index (κ1) is 28.2. The van der Waals surface area contributed by atoms with E-state index in [9.17, 15) is 29.3 Å². The van der Waals surface area contributed by atoms with Gasteiger partial charge in [-0.2, -0.15) is 0 Å². The fourth-order valence-electron chi connectivity index (χ4n) is 5.10. The van der Waals surface area contributed by atoms with Crippen molar-refractivity contribution in [2.45, 2.75) is 46.2 Å². The van der Waals surface area contributed by atoms with Crippen LogP contribution in [0.2, 0.25) is 0 Å². The van der Waals surface area contributed by atoms with E-state index >= 15 is 0 Å². The van der Waals surface area contributed by atoms with Gasteiger partial charge in [0.05, 0.1) is 16.1 Å². The lowest BCUT2D eigenvalue weighted by atomic mass is 10.0. The molecule has 3 aromatic carbocycles. The quantitative estimate of drug-likeness (QED) is 0.235. The summed E-state index contributed by atoms with van der Waals surface area (Å²) in [7, 11) is 0. The van der Waals surface area contributed by atoms with E-state index in [0.29, 0.717) is 5.69 Å². The molecule has 1 N–H and O–H groups in total. The van der Waals surface area contributed by atoms with Crippen molar-refractivity contribution in [1.29, 1.82) is 0 Å². The Kier molecular flexibility index (Phi) is 8.08. The van der Waals surface area contributed by atoms with Gasteiger partial charge in [-0.1, -0.05) is 49.4 Å². The van der Waals surface area contributed by atoms with Gasteiger partial charge in [-0.15, -0.1) is 0 Å². The molecule has 0 unspecified atom stereocenters. The standard InChI is InChI=1S/C30H30N4O6/c1-5-24(33-28(36)22-15-7-8-16-23(22)29(33)37)30(38)32(6-2)26(20-13-10-14-21(17-20)34(39)40)27(35)31-25-18(3)11-9-12-19(25)4/h7-17,24,26H,5-6H2,1-4H3,(H,31,35)/t24-,26-/m1/s1. The molecule has 206 valence electrons. The molecule has 10 heteroatoms. The maximum absolute atomic E-state index is 14.1. The van der Waals surface area contributed by atoms with Gasteiger partial charge in [0.15, 0.2) is 0 Å². The monoisotopic (exact) mass is 542 g/mol. The molecule has 2 atom stereocenters. The second kappa shape index (κ2) is 11.5. The van der Waals surface area contributed by atoms with Gasteiger partial charge in [0, 0.05) is 24.4 Å². The number of benzene rings is 3. The summed E-state index contributed by atoms with van der Waals surface area (Å²) in [6.07, 6.45) is 0.112. The summed E-state index contributed by atoms with van der Waals surface area (Å²) >= 11 is 0. The van der Waals surface area contributed by atoms with Crippen LogP contribution in [0.25, 0.3) is 0 Å². The van der Waals surface area contributed by atoms with Crippen LogP contribution in [0.1, 0.15) is 63.7 Å². The fraction of sp³-hybridized carbons (Fsp3) is 0.267. The number of hydrogen-bond acceptors (Lipinski definition) is 6. The second-order valence-electron chi connectivity index (χ2n) is 9.58. The summed E-state index contributed by atoms with van der Waals surface area (Å²) in [5.74, 6) is -2.36. The molecule has 0 aromatic heterocycles. The Labute approximate surface area is 231 Å². The SMILES string of the molecule is CC[C@H](C(=O)N(CC)[C@@H](C(=O)Nc1c(C)cccc1C)c1cccc([N+](=O)[O-])c1)N1C(=O)c2ccccc2C1=O. The number of hydrogen-bond donors (Lipinski definition) is 1. The summed E-state index contributed by atoms with van der Waals surface area (Å²) in [6.45, 7) is 7.06. The molecule has 1 aliphatic heterocycles. The number of likely N-dealkylation sites (N-methyl/N-ethyl adjacent to an activating group) is 1. The molecule has 4 amide bonds. The highest BCUT2D eigenvalue weighted by molar-refractivity contribution is 6.23. The maximum Gasteiger partial charge on any atom is 0.269 e. The minimum Gasteiger partial charge on any atom is -0.325 e. The molecule has 3 aromatic rings. The predicted octanol–water partition coefficient (Wildman–Crippen LogP) is 4.81. The van der Waals surface area contributed by atoms with Gasteiger partial charge in [-0.25, -0.2) is 0 Å². The highest BCUT2D eigenvalue weighted by atomic mass is 16.6. The van der Waals surface area contributed by atoms with Crippen molar-refractivity contribution in [3.05, 3.63) is 105 Å². The Morgan fingerprint density at radius 3 is 2.02 bits per heavy atom. The number of nitro groups is 1. The van der Waals surface area contributed by atoms with Crippen molar-refractivity contribution >= 4 is 35.0 Å². The number of rotatable bonds is 9. The summed E-state index contributed by atoms with van der Waals surface area (Å²) in [6, 6.07) is 15.0. The Hall–Kier alpha value is -4.86. The highest BCUT2D eigenvalue weighted by Crippen LogP contribution is 2.31. The minimum atomic E-state index is -1.28. The average Bonchev–Trinajstić information content (AvgIpc) is 3.19. The number of para-hydroxylation sites is 1. The fourth-order valence-corrected chi connectivity index (χ4v) is 5.10. The number of carbonyl (C=O) groups is 4. The molecule has 0 spiro atoms. The van der Waals surface area contributed by atoms with Crippen molar-refractivity contribution in [2.75, 3.05) is 11.9 Å². The molecule has 4 rings (SSSR count). The number of amides is 4. The lowest BCUT2D eigenvalue weighted by Crippen LogP contribution is -2.53. The van der Waals surface area contributed by atoms with E-state index in [1.165, 1.54) is 35.2 Å². The van der Waals surface area contributed by atoms with Crippen LogP contribution in [-0.4, -0.2) is 50.9 Å². The molecule has 0 aliphatic carbocycles. The molecule has 0 saturated heterocycles. The zero-order chi connectivity index (χ0) is 29.1. The van der Waals surface area contributed by atoms with Gasteiger partial charge in [-0.3, -0.25) is 34.2 Å². The van der Waals surface area contributed by atoms with Gasteiger partial charge in [0.2, 0.25) is 5.91 Å². The number of nitrogens with zero attached hydrogens (tertiary/aromatic N) is 3. The Bertz CT molecular complexity index is 1460. The Balaban J connectivity index is 1.77. The number of imide groups is 1. The van der Waals surface area contributed by atoms with Gasteiger partial charge in [0.25, 0.3) is 23.4 Å². The number of fused-ring (bicyclic) bond motifs is 1. The summed E-state index contributed by atoms with van der Waals surface area (Å²) in [5, 5.41) is 14.5. The van der Waals surface area contributed by atoms with Crippen LogP contribution in [-0.2, 0) is 9.59 Å². The third-order valence-electron chi connectivity index (χ3n) is 7.12. The van der Waals surface area contributed by atoms with E-state index in [4.69, 9.17) is 0 Å². The molecule has 0 saturated carbocycles. The van der Waals surface area contributed by atoms with Crippen molar-refractivity contribution in [3.63, 3.8) is 0 Å². The minimum absolute atomic E-state index is 0.0338. The van der Waals surface area contributed by atoms with Crippen LogP contribution in [0.4, 0.5) is 11.4 Å². The van der Waals surface area contributed by atoms with Gasteiger partial charge < -0.3 is 10.2 Å².